The highest BCUT2D eigenvalue weighted by atomic mass is 32.1. The summed E-state index contributed by atoms with van der Waals surface area (Å²) in [5.74, 6) is 0. The Bertz CT molecular complexity index is 600. The van der Waals surface area contributed by atoms with Gasteiger partial charge in [0.05, 0.1) is 0 Å². The minimum Gasteiger partial charge on any atom is -0.330 e. The van der Waals surface area contributed by atoms with Crippen molar-refractivity contribution in [3.8, 4) is 11.3 Å². The van der Waals surface area contributed by atoms with Gasteiger partial charge >= 0.3 is 0 Å². The lowest BCUT2D eigenvalue weighted by Gasteiger charge is -2.15. The molecule has 0 bridgehead atoms. The number of nitrogens with one attached hydrogen (secondary N) is 1. The predicted molar refractivity (Wildman–Crippen MR) is 73.8 cm³/mol. The van der Waals surface area contributed by atoms with E-state index in [-0.39, 0.29) is 0 Å². The fraction of sp³-hybridized carbons (Fsp3) is 0.286. The van der Waals surface area contributed by atoms with Crippen LogP contribution < -0.4 is 0 Å². The van der Waals surface area contributed by atoms with Gasteiger partial charge in [0.2, 0.25) is 0 Å². The largest absolute Gasteiger partial charge is 0.330 e. The molecule has 3 heteroatoms. The third-order valence-electron chi connectivity index (χ3n) is 3.31. The zero-order valence-electron chi connectivity index (χ0n) is 10.6. The molecule has 0 spiro atoms. The van der Waals surface area contributed by atoms with E-state index in [2.05, 4.69) is 43.7 Å². The first-order chi connectivity index (χ1) is 8.00. The third kappa shape index (κ3) is 2.15. The second-order valence-electron chi connectivity index (χ2n) is 4.42. The van der Waals surface area contributed by atoms with E-state index in [9.17, 15) is 0 Å². The fourth-order valence-corrected chi connectivity index (χ4v) is 2.31. The zero-order valence-corrected chi connectivity index (χ0v) is 11.4. The summed E-state index contributed by atoms with van der Waals surface area (Å²) in [7, 11) is 0. The second kappa shape index (κ2) is 4.41. The number of hydrogen-bond donors (Lipinski definition) is 1. The van der Waals surface area contributed by atoms with Gasteiger partial charge in [0.15, 0.2) is 4.77 Å². The lowest BCUT2D eigenvalue weighted by molar-refractivity contribution is 1.12. The van der Waals surface area contributed by atoms with E-state index < -0.39 is 0 Å². The standard InChI is InChI=1S/C14H16N2S/c1-8-7-9(2)11(4)13(10(8)3)12-5-6-15-14(17)16-12/h5-7H,1-4H3,(H,15,16,17). The van der Waals surface area contributed by atoms with Crippen molar-refractivity contribution < 1.29 is 0 Å². The van der Waals surface area contributed by atoms with E-state index in [1.807, 2.05) is 6.07 Å². The quantitative estimate of drug-likeness (QED) is 0.767. The summed E-state index contributed by atoms with van der Waals surface area (Å²) in [5.41, 5.74) is 7.50. The first-order valence-electron chi connectivity index (χ1n) is 5.64. The highest BCUT2D eigenvalue weighted by Gasteiger charge is 2.10. The van der Waals surface area contributed by atoms with Crippen LogP contribution in [-0.2, 0) is 0 Å². The van der Waals surface area contributed by atoms with Crippen molar-refractivity contribution in [1.82, 2.24) is 9.97 Å². The molecule has 0 amide bonds. The van der Waals surface area contributed by atoms with Crippen LogP contribution in [0.1, 0.15) is 22.3 Å². The van der Waals surface area contributed by atoms with Gasteiger partial charge in [0, 0.05) is 17.5 Å². The van der Waals surface area contributed by atoms with Gasteiger partial charge in [-0.2, -0.15) is 0 Å². The highest BCUT2D eigenvalue weighted by molar-refractivity contribution is 7.71. The minimum atomic E-state index is 0.528. The van der Waals surface area contributed by atoms with Crippen molar-refractivity contribution in [3.63, 3.8) is 0 Å². The van der Waals surface area contributed by atoms with Crippen LogP contribution in [-0.4, -0.2) is 9.97 Å². The van der Waals surface area contributed by atoms with Crippen LogP contribution in [0.4, 0.5) is 0 Å². The number of aromatic nitrogens is 2. The van der Waals surface area contributed by atoms with E-state index >= 15 is 0 Å². The molecule has 0 aliphatic carbocycles. The fourth-order valence-electron chi connectivity index (χ4n) is 2.14. The Morgan fingerprint density at radius 3 is 2.18 bits per heavy atom. The van der Waals surface area contributed by atoms with E-state index in [1.54, 1.807) is 6.20 Å². The molecule has 17 heavy (non-hydrogen) atoms. The van der Waals surface area contributed by atoms with Crippen molar-refractivity contribution in [2.75, 3.05) is 0 Å². The van der Waals surface area contributed by atoms with E-state index in [1.165, 1.54) is 27.8 Å². The highest BCUT2D eigenvalue weighted by Crippen LogP contribution is 2.29. The molecule has 1 aromatic carbocycles. The predicted octanol–water partition coefficient (Wildman–Crippen LogP) is 4.04. The maximum absolute atomic E-state index is 5.09. The second-order valence-corrected chi connectivity index (χ2v) is 4.81. The van der Waals surface area contributed by atoms with Crippen LogP contribution in [0.3, 0.4) is 0 Å². The molecule has 2 nitrogen and oxygen atoms in total. The summed E-state index contributed by atoms with van der Waals surface area (Å²) in [6.07, 6.45) is 1.75. The van der Waals surface area contributed by atoms with Gasteiger partial charge in [-0.25, -0.2) is 4.98 Å². The van der Waals surface area contributed by atoms with Gasteiger partial charge in [0.1, 0.15) is 0 Å². The number of aromatic amines is 1. The van der Waals surface area contributed by atoms with Crippen molar-refractivity contribution in [2.24, 2.45) is 0 Å². The Balaban J connectivity index is 2.79. The Hall–Kier alpha value is -1.48. The molecule has 0 fully saturated rings. The molecule has 0 aliphatic heterocycles. The van der Waals surface area contributed by atoms with Crippen LogP contribution in [0.15, 0.2) is 18.3 Å². The van der Waals surface area contributed by atoms with Crippen LogP contribution >= 0.6 is 12.2 Å². The summed E-state index contributed by atoms with van der Waals surface area (Å²) in [6, 6.07) is 4.20. The molecule has 1 heterocycles. The summed E-state index contributed by atoms with van der Waals surface area (Å²) in [6.45, 7) is 8.57. The Labute approximate surface area is 107 Å². The number of hydrogen-bond acceptors (Lipinski definition) is 2. The van der Waals surface area contributed by atoms with Gasteiger partial charge in [-0.1, -0.05) is 6.07 Å². The Morgan fingerprint density at radius 1 is 1.06 bits per heavy atom. The summed E-state index contributed by atoms with van der Waals surface area (Å²) in [4.78, 5) is 7.19. The number of aryl methyl sites for hydroxylation is 2. The van der Waals surface area contributed by atoms with Gasteiger partial charge in [0.25, 0.3) is 0 Å². The molecule has 0 unspecified atom stereocenters. The number of benzene rings is 1. The summed E-state index contributed by atoms with van der Waals surface area (Å²) in [5, 5.41) is 0. The van der Waals surface area contributed by atoms with Gasteiger partial charge in [-0.05, 0) is 68.2 Å². The first kappa shape index (κ1) is 12.0. The Morgan fingerprint density at radius 2 is 1.65 bits per heavy atom. The molecule has 88 valence electrons. The average molecular weight is 244 g/mol. The van der Waals surface area contributed by atoms with Gasteiger partial charge in [-0.15, -0.1) is 0 Å². The number of H-pyrrole nitrogens is 1. The first-order valence-corrected chi connectivity index (χ1v) is 6.04. The molecule has 1 aromatic heterocycles. The molecule has 0 radical (unpaired) electrons. The van der Waals surface area contributed by atoms with Crippen LogP contribution in [0.2, 0.25) is 0 Å². The SMILES string of the molecule is Cc1cc(C)c(C)c(-c2ccnc(=S)[nH]2)c1C. The molecule has 0 atom stereocenters. The zero-order chi connectivity index (χ0) is 12.6. The monoisotopic (exact) mass is 244 g/mol. The lowest BCUT2D eigenvalue weighted by Crippen LogP contribution is -1.97. The minimum absolute atomic E-state index is 0.528. The molecule has 2 rings (SSSR count). The van der Waals surface area contributed by atoms with E-state index in [0.717, 1.165) is 5.69 Å². The normalized spacial score (nSPS) is 10.6. The number of nitrogens with zero attached hydrogens (tertiary/aromatic N) is 1. The molecular formula is C14H16N2S. The lowest BCUT2D eigenvalue weighted by atomic mass is 9.92. The molecule has 0 saturated heterocycles. The van der Waals surface area contributed by atoms with Gasteiger partial charge in [-0.3, -0.25) is 0 Å². The smallest absolute Gasteiger partial charge is 0.197 e. The summed E-state index contributed by atoms with van der Waals surface area (Å²) >= 11 is 5.09. The molecular weight excluding hydrogens is 228 g/mol. The van der Waals surface area contributed by atoms with Crippen LogP contribution in [0.25, 0.3) is 11.3 Å². The topological polar surface area (TPSA) is 28.7 Å². The van der Waals surface area contributed by atoms with Crippen molar-refractivity contribution in [2.45, 2.75) is 27.7 Å². The average Bonchev–Trinajstić information content (AvgIpc) is 2.27. The third-order valence-corrected chi connectivity index (χ3v) is 3.52. The maximum atomic E-state index is 5.09. The van der Waals surface area contributed by atoms with Crippen LogP contribution in [0.5, 0.6) is 0 Å². The molecule has 0 saturated carbocycles. The van der Waals surface area contributed by atoms with Crippen LogP contribution in [0, 0.1) is 32.5 Å². The molecule has 1 N–H and O–H groups in total. The summed E-state index contributed by atoms with van der Waals surface area (Å²) < 4.78 is 0.528. The van der Waals surface area contributed by atoms with Crippen molar-refractivity contribution >= 4 is 12.2 Å². The van der Waals surface area contributed by atoms with Crippen molar-refractivity contribution in [1.29, 1.82) is 0 Å². The van der Waals surface area contributed by atoms with E-state index in [0.29, 0.717) is 4.77 Å². The number of rotatable bonds is 1. The van der Waals surface area contributed by atoms with Gasteiger partial charge < -0.3 is 4.98 Å². The maximum Gasteiger partial charge on any atom is 0.197 e. The van der Waals surface area contributed by atoms with Crippen molar-refractivity contribution in [3.05, 3.63) is 45.4 Å². The molecule has 0 aliphatic rings. The Kier molecular flexibility index (Phi) is 3.11. The van der Waals surface area contributed by atoms with E-state index in [4.69, 9.17) is 12.2 Å². The molecule has 2 aromatic rings.